The molecule has 2 amide bonds. The predicted octanol–water partition coefficient (Wildman–Crippen LogP) is -0.763. The molecular weight excluding hydrogens is 206 g/mol. The summed E-state index contributed by atoms with van der Waals surface area (Å²) < 4.78 is 0. The highest BCUT2D eigenvalue weighted by Gasteiger charge is 2.30. The van der Waals surface area contributed by atoms with Gasteiger partial charge in [-0.1, -0.05) is 6.92 Å². The zero-order valence-electron chi connectivity index (χ0n) is 9.58. The topological polar surface area (TPSA) is 70.2 Å². The van der Waals surface area contributed by atoms with E-state index in [0.717, 1.165) is 19.5 Å². The maximum absolute atomic E-state index is 11.8. The highest BCUT2D eigenvalue weighted by atomic mass is 16.2. The fraction of sp³-hybridized carbons (Fsp3) is 0.818. The van der Waals surface area contributed by atoms with Gasteiger partial charge in [0, 0.05) is 25.6 Å². The van der Waals surface area contributed by atoms with Crippen LogP contribution in [0.15, 0.2) is 0 Å². The molecule has 0 aromatic heterocycles. The van der Waals surface area contributed by atoms with Gasteiger partial charge in [-0.05, 0) is 18.9 Å². The van der Waals surface area contributed by atoms with E-state index in [9.17, 15) is 9.59 Å². The Hall–Kier alpha value is -1.10. The SMILES string of the molecule is C[C@@H]1CNC[C@H]1C(=O)NCC1CCC(=O)N1. The maximum Gasteiger partial charge on any atom is 0.224 e. The van der Waals surface area contributed by atoms with Crippen LogP contribution in [0, 0.1) is 11.8 Å². The van der Waals surface area contributed by atoms with Gasteiger partial charge < -0.3 is 16.0 Å². The lowest BCUT2D eigenvalue weighted by Gasteiger charge is -2.16. The van der Waals surface area contributed by atoms with Gasteiger partial charge in [0.1, 0.15) is 0 Å². The number of hydrogen-bond acceptors (Lipinski definition) is 3. The van der Waals surface area contributed by atoms with Crippen molar-refractivity contribution in [1.82, 2.24) is 16.0 Å². The van der Waals surface area contributed by atoms with Crippen LogP contribution in [0.1, 0.15) is 19.8 Å². The molecule has 5 nitrogen and oxygen atoms in total. The first-order valence-electron chi connectivity index (χ1n) is 5.94. The number of nitrogens with one attached hydrogen (secondary N) is 3. The third-order valence-corrected chi connectivity index (χ3v) is 3.46. The van der Waals surface area contributed by atoms with E-state index in [1.807, 2.05) is 0 Å². The van der Waals surface area contributed by atoms with Gasteiger partial charge in [-0.3, -0.25) is 9.59 Å². The molecule has 3 atom stereocenters. The maximum atomic E-state index is 11.8. The van der Waals surface area contributed by atoms with Crippen molar-refractivity contribution in [2.45, 2.75) is 25.8 Å². The molecule has 2 fully saturated rings. The number of carbonyl (C=O) groups is 2. The number of hydrogen-bond donors (Lipinski definition) is 3. The van der Waals surface area contributed by atoms with Crippen molar-refractivity contribution in [2.24, 2.45) is 11.8 Å². The van der Waals surface area contributed by atoms with Crippen LogP contribution in [-0.4, -0.2) is 37.5 Å². The lowest BCUT2D eigenvalue weighted by molar-refractivity contribution is -0.125. The van der Waals surface area contributed by atoms with Gasteiger partial charge in [0.25, 0.3) is 0 Å². The molecule has 2 heterocycles. The van der Waals surface area contributed by atoms with Crippen LogP contribution in [-0.2, 0) is 9.59 Å². The highest BCUT2D eigenvalue weighted by molar-refractivity contribution is 5.80. The first-order chi connectivity index (χ1) is 7.66. The van der Waals surface area contributed by atoms with Crippen molar-refractivity contribution in [1.29, 1.82) is 0 Å². The normalized spacial score (nSPS) is 33.8. The van der Waals surface area contributed by atoms with Crippen LogP contribution in [0.2, 0.25) is 0 Å². The minimum Gasteiger partial charge on any atom is -0.354 e. The summed E-state index contributed by atoms with van der Waals surface area (Å²) in [4.78, 5) is 22.8. The molecule has 1 unspecified atom stereocenters. The highest BCUT2D eigenvalue weighted by Crippen LogP contribution is 2.15. The average molecular weight is 225 g/mol. The monoisotopic (exact) mass is 225 g/mol. The van der Waals surface area contributed by atoms with Crippen LogP contribution in [0.5, 0.6) is 0 Å². The largest absolute Gasteiger partial charge is 0.354 e. The van der Waals surface area contributed by atoms with E-state index in [-0.39, 0.29) is 23.8 Å². The van der Waals surface area contributed by atoms with Crippen LogP contribution >= 0.6 is 0 Å². The van der Waals surface area contributed by atoms with E-state index >= 15 is 0 Å². The zero-order chi connectivity index (χ0) is 11.5. The predicted molar refractivity (Wildman–Crippen MR) is 59.7 cm³/mol. The van der Waals surface area contributed by atoms with E-state index in [1.165, 1.54) is 0 Å². The standard InChI is InChI=1S/C11H19N3O2/c1-7-4-12-6-9(7)11(16)13-5-8-2-3-10(15)14-8/h7-9,12H,2-6H2,1H3,(H,13,16)(H,14,15)/t7-,8?,9-/m1/s1. The third-order valence-electron chi connectivity index (χ3n) is 3.46. The molecule has 0 saturated carbocycles. The zero-order valence-corrected chi connectivity index (χ0v) is 9.58. The van der Waals surface area contributed by atoms with Crippen LogP contribution in [0.3, 0.4) is 0 Å². The molecule has 16 heavy (non-hydrogen) atoms. The summed E-state index contributed by atoms with van der Waals surface area (Å²) in [6, 6.07) is 0.126. The molecule has 0 radical (unpaired) electrons. The van der Waals surface area contributed by atoms with Crippen molar-refractivity contribution in [3.8, 4) is 0 Å². The van der Waals surface area contributed by atoms with Crippen molar-refractivity contribution < 1.29 is 9.59 Å². The molecule has 2 saturated heterocycles. The second-order valence-electron chi connectivity index (χ2n) is 4.79. The Morgan fingerprint density at radius 2 is 2.31 bits per heavy atom. The van der Waals surface area contributed by atoms with Gasteiger partial charge in [0.05, 0.1) is 5.92 Å². The van der Waals surface area contributed by atoms with Crippen molar-refractivity contribution in [3.63, 3.8) is 0 Å². The Kier molecular flexibility index (Phi) is 3.43. The van der Waals surface area contributed by atoms with E-state index in [1.54, 1.807) is 0 Å². The Labute approximate surface area is 95.3 Å². The Morgan fingerprint density at radius 3 is 2.88 bits per heavy atom. The molecular formula is C11H19N3O2. The van der Waals surface area contributed by atoms with Gasteiger partial charge in [-0.25, -0.2) is 0 Å². The molecule has 2 aliphatic rings. The molecule has 0 spiro atoms. The average Bonchev–Trinajstić information content (AvgIpc) is 2.84. The van der Waals surface area contributed by atoms with E-state index in [2.05, 4.69) is 22.9 Å². The molecule has 0 aromatic rings. The summed E-state index contributed by atoms with van der Waals surface area (Å²) in [6.07, 6.45) is 1.42. The van der Waals surface area contributed by atoms with E-state index < -0.39 is 0 Å². The van der Waals surface area contributed by atoms with Gasteiger partial charge >= 0.3 is 0 Å². The summed E-state index contributed by atoms with van der Waals surface area (Å²) in [5, 5.41) is 8.97. The Balaban J connectivity index is 1.73. The molecule has 0 bridgehead atoms. The minimum atomic E-state index is 0.0807. The molecule has 0 aliphatic carbocycles. The van der Waals surface area contributed by atoms with Crippen LogP contribution in [0.4, 0.5) is 0 Å². The van der Waals surface area contributed by atoms with Gasteiger partial charge in [0.2, 0.25) is 11.8 Å². The second kappa shape index (κ2) is 4.82. The summed E-state index contributed by atoms with van der Waals surface area (Å²) in [6.45, 7) is 4.33. The second-order valence-corrected chi connectivity index (χ2v) is 4.79. The van der Waals surface area contributed by atoms with Crippen LogP contribution in [0.25, 0.3) is 0 Å². The van der Waals surface area contributed by atoms with Crippen molar-refractivity contribution in [3.05, 3.63) is 0 Å². The lowest BCUT2D eigenvalue weighted by atomic mass is 9.97. The third kappa shape index (κ3) is 2.52. The first kappa shape index (κ1) is 11.4. The van der Waals surface area contributed by atoms with Gasteiger partial charge in [-0.2, -0.15) is 0 Å². The smallest absolute Gasteiger partial charge is 0.224 e. The Bertz CT molecular complexity index is 293. The van der Waals surface area contributed by atoms with Crippen molar-refractivity contribution in [2.75, 3.05) is 19.6 Å². The molecule has 2 rings (SSSR count). The summed E-state index contributed by atoms with van der Waals surface area (Å²) in [5.41, 5.74) is 0. The molecule has 5 heteroatoms. The lowest BCUT2D eigenvalue weighted by Crippen LogP contribution is -2.42. The summed E-state index contributed by atoms with van der Waals surface area (Å²) in [5.74, 6) is 0.684. The van der Waals surface area contributed by atoms with Gasteiger partial charge in [0.15, 0.2) is 0 Å². The first-order valence-corrected chi connectivity index (χ1v) is 5.94. The molecule has 2 aliphatic heterocycles. The molecule has 0 aromatic carbocycles. The molecule has 3 N–H and O–H groups in total. The fourth-order valence-corrected chi connectivity index (χ4v) is 2.35. The fourth-order valence-electron chi connectivity index (χ4n) is 2.35. The number of rotatable bonds is 3. The summed E-state index contributed by atoms with van der Waals surface area (Å²) in [7, 11) is 0. The minimum absolute atomic E-state index is 0.0807. The summed E-state index contributed by atoms with van der Waals surface area (Å²) >= 11 is 0. The Morgan fingerprint density at radius 1 is 1.50 bits per heavy atom. The van der Waals surface area contributed by atoms with E-state index in [0.29, 0.717) is 18.9 Å². The van der Waals surface area contributed by atoms with Crippen LogP contribution < -0.4 is 16.0 Å². The van der Waals surface area contributed by atoms with Gasteiger partial charge in [-0.15, -0.1) is 0 Å². The van der Waals surface area contributed by atoms with Crippen molar-refractivity contribution >= 4 is 11.8 Å². The molecule has 90 valence electrons. The van der Waals surface area contributed by atoms with E-state index in [4.69, 9.17) is 0 Å². The number of carbonyl (C=O) groups excluding carboxylic acids is 2. The number of amides is 2. The quantitative estimate of drug-likeness (QED) is 0.591.